The van der Waals surface area contributed by atoms with E-state index in [0.717, 1.165) is 16.6 Å². The van der Waals surface area contributed by atoms with Gasteiger partial charge in [-0.2, -0.15) is 0 Å². The number of rotatable bonds is 6. The fourth-order valence-electron chi connectivity index (χ4n) is 3.12. The Morgan fingerprint density at radius 1 is 1.08 bits per heavy atom. The van der Waals surface area contributed by atoms with Crippen LogP contribution in [0.3, 0.4) is 0 Å². The lowest BCUT2D eigenvalue weighted by Crippen LogP contribution is -2.22. The molecular weight excluding hydrogens is 437 g/mol. The minimum Gasteiger partial charge on any atom is -0.497 e. The maximum absolute atomic E-state index is 11.2. The first-order valence-electron chi connectivity index (χ1n) is 8.61. The van der Waals surface area contributed by atoms with Crippen molar-refractivity contribution < 1.29 is 9.53 Å². The first-order valence-corrected chi connectivity index (χ1v) is 10.1. The smallest absolute Gasteiger partial charge is 0.216 e. The molecule has 0 heterocycles. The van der Waals surface area contributed by atoms with Crippen LogP contribution < -0.4 is 10.1 Å². The van der Waals surface area contributed by atoms with Crippen molar-refractivity contribution in [2.45, 2.75) is 17.8 Å². The molecule has 0 saturated heterocycles. The van der Waals surface area contributed by atoms with Gasteiger partial charge in [0.2, 0.25) is 5.91 Å². The summed E-state index contributed by atoms with van der Waals surface area (Å²) in [7, 11) is 1.68. The molecule has 26 heavy (non-hydrogen) atoms. The van der Waals surface area contributed by atoms with Crippen molar-refractivity contribution in [2.75, 3.05) is 13.7 Å². The van der Waals surface area contributed by atoms with E-state index in [1.54, 1.807) is 14.0 Å². The van der Waals surface area contributed by atoms with Gasteiger partial charge in [0.25, 0.3) is 0 Å². The minimum atomic E-state index is -0.00205. The highest BCUT2D eigenvalue weighted by atomic mass is 127. The van der Waals surface area contributed by atoms with Crippen LogP contribution in [0, 0.1) is 0 Å². The Morgan fingerprint density at radius 3 is 2.65 bits per heavy atom. The number of methoxy groups -OCH3 is 1. The zero-order valence-corrected chi connectivity index (χ0v) is 17.2. The van der Waals surface area contributed by atoms with E-state index in [-0.39, 0.29) is 5.91 Å². The second kappa shape index (κ2) is 8.54. The Labute approximate surface area is 167 Å². The number of hydrogen-bond donors (Lipinski definition) is 1. The van der Waals surface area contributed by atoms with E-state index in [1.165, 1.54) is 33.0 Å². The Bertz CT molecular complexity index is 937. The molecule has 3 nitrogen and oxygen atoms in total. The third kappa shape index (κ3) is 4.36. The first kappa shape index (κ1) is 18.7. The zero-order valence-electron chi connectivity index (χ0n) is 15.0. The maximum Gasteiger partial charge on any atom is 0.216 e. The molecule has 3 rings (SSSR count). The summed E-state index contributed by atoms with van der Waals surface area (Å²) in [6.45, 7) is 2.17. The van der Waals surface area contributed by atoms with Crippen molar-refractivity contribution in [2.24, 2.45) is 0 Å². The van der Waals surface area contributed by atoms with Crippen LogP contribution in [-0.4, -0.2) is 19.6 Å². The molecule has 0 bridgehead atoms. The lowest BCUT2D eigenvalue weighted by Gasteiger charge is -2.13. The molecule has 0 fully saturated rings. The van der Waals surface area contributed by atoms with E-state index in [9.17, 15) is 4.79 Å². The summed E-state index contributed by atoms with van der Waals surface area (Å²) in [5.74, 6) is 0.843. The SMILES string of the molecule is COc1ccc2cc(-c3cccc(CI)c3)cc(CCNC(C)=O)c2c1. The molecule has 0 unspecified atom stereocenters. The van der Waals surface area contributed by atoms with Gasteiger partial charge in [-0.1, -0.05) is 59.0 Å². The molecule has 0 aliphatic rings. The normalized spacial score (nSPS) is 10.7. The van der Waals surface area contributed by atoms with Gasteiger partial charge >= 0.3 is 0 Å². The number of hydrogen-bond acceptors (Lipinski definition) is 2. The number of alkyl halides is 1. The van der Waals surface area contributed by atoms with Crippen LogP contribution >= 0.6 is 22.6 Å². The minimum absolute atomic E-state index is 0.00205. The van der Waals surface area contributed by atoms with Crippen molar-refractivity contribution in [1.82, 2.24) is 5.32 Å². The highest BCUT2D eigenvalue weighted by molar-refractivity contribution is 14.1. The molecule has 134 valence electrons. The van der Waals surface area contributed by atoms with E-state index < -0.39 is 0 Å². The van der Waals surface area contributed by atoms with E-state index in [0.29, 0.717) is 6.54 Å². The van der Waals surface area contributed by atoms with Gasteiger partial charge in [-0.15, -0.1) is 0 Å². The number of carbonyl (C=O) groups excluding carboxylic acids is 1. The van der Waals surface area contributed by atoms with Gasteiger partial charge < -0.3 is 10.1 Å². The molecule has 3 aromatic rings. The van der Waals surface area contributed by atoms with Crippen molar-refractivity contribution in [3.8, 4) is 16.9 Å². The van der Waals surface area contributed by atoms with Crippen molar-refractivity contribution in [1.29, 1.82) is 0 Å². The highest BCUT2D eigenvalue weighted by Gasteiger charge is 2.08. The number of nitrogens with one attached hydrogen (secondary N) is 1. The van der Waals surface area contributed by atoms with Gasteiger partial charge in [0.15, 0.2) is 0 Å². The topological polar surface area (TPSA) is 38.3 Å². The van der Waals surface area contributed by atoms with Gasteiger partial charge in [-0.25, -0.2) is 0 Å². The lowest BCUT2D eigenvalue weighted by atomic mass is 9.94. The summed E-state index contributed by atoms with van der Waals surface area (Å²) in [6.07, 6.45) is 0.781. The van der Waals surface area contributed by atoms with Gasteiger partial charge in [-0.3, -0.25) is 4.79 Å². The molecule has 0 aromatic heterocycles. The molecule has 3 aromatic carbocycles. The van der Waals surface area contributed by atoms with Gasteiger partial charge in [0.1, 0.15) is 5.75 Å². The summed E-state index contributed by atoms with van der Waals surface area (Å²) in [5, 5.41) is 5.24. The largest absolute Gasteiger partial charge is 0.497 e. The average Bonchev–Trinajstić information content (AvgIpc) is 2.67. The van der Waals surface area contributed by atoms with E-state index in [2.05, 4.69) is 76.4 Å². The molecular formula is C22H22INO2. The molecule has 1 amide bonds. The van der Waals surface area contributed by atoms with Gasteiger partial charge in [0.05, 0.1) is 7.11 Å². The predicted octanol–water partition coefficient (Wildman–Crippen LogP) is 5.13. The first-order chi connectivity index (χ1) is 12.6. The summed E-state index contributed by atoms with van der Waals surface area (Å²) < 4.78 is 6.39. The Kier molecular flexibility index (Phi) is 6.14. The fourth-order valence-corrected chi connectivity index (χ4v) is 3.60. The molecule has 0 atom stereocenters. The molecule has 0 aliphatic heterocycles. The summed E-state index contributed by atoms with van der Waals surface area (Å²) in [5.41, 5.74) is 4.95. The lowest BCUT2D eigenvalue weighted by molar-refractivity contribution is -0.118. The van der Waals surface area contributed by atoms with E-state index >= 15 is 0 Å². The maximum atomic E-state index is 11.2. The van der Waals surface area contributed by atoms with Crippen LogP contribution in [0.15, 0.2) is 54.6 Å². The molecule has 0 spiro atoms. The van der Waals surface area contributed by atoms with E-state index in [1.807, 2.05) is 6.07 Å². The van der Waals surface area contributed by atoms with Crippen molar-refractivity contribution >= 4 is 39.3 Å². The molecule has 0 radical (unpaired) electrons. The second-order valence-electron chi connectivity index (χ2n) is 6.29. The molecule has 1 N–H and O–H groups in total. The van der Waals surface area contributed by atoms with Crippen LogP contribution in [0.4, 0.5) is 0 Å². The average molecular weight is 459 g/mol. The highest BCUT2D eigenvalue weighted by Crippen LogP contribution is 2.31. The van der Waals surface area contributed by atoms with Gasteiger partial charge in [0, 0.05) is 17.9 Å². The van der Waals surface area contributed by atoms with Crippen LogP contribution in [0.1, 0.15) is 18.1 Å². The van der Waals surface area contributed by atoms with Crippen LogP contribution in [0.2, 0.25) is 0 Å². The van der Waals surface area contributed by atoms with Crippen LogP contribution in [0.25, 0.3) is 21.9 Å². The fraction of sp³-hybridized carbons (Fsp3) is 0.227. The predicted molar refractivity (Wildman–Crippen MR) is 116 cm³/mol. The van der Waals surface area contributed by atoms with Gasteiger partial charge in [-0.05, 0) is 57.6 Å². The quantitative estimate of drug-likeness (QED) is 0.410. The number of benzene rings is 3. The number of halogens is 1. The number of fused-ring (bicyclic) bond motifs is 1. The third-order valence-electron chi connectivity index (χ3n) is 4.43. The monoisotopic (exact) mass is 459 g/mol. The second-order valence-corrected chi connectivity index (χ2v) is 7.05. The zero-order chi connectivity index (χ0) is 18.5. The Hall–Kier alpha value is -2.08. The third-order valence-corrected chi connectivity index (χ3v) is 5.31. The van der Waals surface area contributed by atoms with Crippen LogP contribution in [-0.2, 0) is 15.6 Å². The Morgan fingerprint density at radius 2 is 1.92 bits per heavy atom. The number of ether oxygens (including phenoxy) is 1. The molecule has 0 saturated carbocycles. The van der Waals surface area contributed by atoms with Crippen LogP contribution in [0.5, 0.6) is 5.75 Å². The summed E-state index contributed by atoms with van der Waals surface area (Å²) in [6, 6.07) is 19.3. The number of amides is 1. The molecule has 4 heteroatoms. The van der Waals surface area contributed by atoms with Crippen molar-refractivity contribution in [3.05, 3.63) is 65.7 Å². The van der Waals surface area contributed by atoms with E-state index in [4.69, 9.17) is 4.74 Å². The van der Waals surface area contributed by atoms with Crippen molar-refractivity contribution in [3.63, 3.8) is 0 Å². The summed E-state index contributed by atoms with van der Waals surface area (Å²) in [4.78, 5) is 11.2. The Balaban J connectivity index is 2.08. The summed E-state index contributed by atoms with van der Waals surface area (Å²) >= 11 is 2.39. The number of carbonyl (C=O) groups is 1. The molecule has 0 aliphatic carbocycles. The standard InChI is InChI=1S/C22H22INO2/c1-15(25)24-9-8-19-12-20(17-5-3-4-16(10-17)14-23)11-18-6-7-21(26-2)13-22(18)19/h3-7,10-13H,8-9,14H2,1-2H3,(H,24,25).